The van der Waals surface area contributed by atoms with E-state index in [1.807, 2.05) is 97.9 Å². The van der Waals surface area contributed by atoms with Crippen molar-refractivity contribution < 1.29 is 5.11 Å². The summed E-state index contributed by atoms with van der Waals surface area (Å²) in [5.74, 6) is 0.812. The fraction of sp³-hybridized carbons (Fsp3) is 0.103. The summed E-state index contributed by atoms with van der Waals surface area (Å²) in [6.45, 7) is -0.153. The van der Waals surface area contributed by atoms with Gasteiger partial charge in [-0.15, -0.1) is 0 Å². The highest BCUT2D eigenvalue weighted by molar-refractivity contribution is 6.39. The molecule has 0 spiro atoms. The molecule has 0 aliphatic rings. The van der Waals surface area contributed by atoms with Crippen molar-refractivity contribution in [2.24, 2.45) is 0 Å². The molecule has 174 valence electrons. The largest absolute Gasteiger partial charge is 0.392 e. The van der Waals surface area contributed by atoms with Gasteiger partial charge >= 0.3 is 0 Å². The molecule has 0 atom stereocenters. The van der Waals surface area contributed by atoms with Crippen molar-refractivity contribution in [2.45, 2.75) is 6.61 Å². The Balaban J connectivity index is 1.72. The lowest BCUT2D eigenvalue weighted by atomic mass is 9.95. The normalized spacial score (nSPS) is 11.1. The summed E-state index contributed by atoms with van der Waals surface area (Å²) >= 11 is 13.1. The van der Waals surface area contributed by atoms with Gasteiger partial charge in [0.1, 0.15) is 5.82 Å². The number of aromatic nitrogens is 2. The van der Waals surface area contributed by atoms with Gasteiger partial charge in [0.2, 0.25) is 0 Å². The highest BCUT2D eigenvalue weighted by atomic mass is 35.5. The van der Waals surface area contributed by atoms with Crippen LogP contribution in [0.25, 0.3) is 44.4 Å². The van der Waals surface area contributed by atoms with Crippen LogP contribution in [0.2, 0.25) is 10.0 Å². The zero-order valence-electron chi connectivity index (χ0n) is 19.3. The molecule has 0 saturated heterocycles. The van der Waals surface area contributed by atoms with Crippen LogP contribution in [0.4, 0.5) is 5.82 Å². The van der Waals surface area contributed by atoms with Crippen molar-refractivity contribution in [2.75, 3.05) is 19.0 Å². The van der Waals surface area contributed by atoms with E-state index in [2.05, 4.69) is 4.98 Å². The number of hydrogen-bond acceptors (Lipinski definition) is 4. The zero-order valence-corrected chi connectivity index (χ0v) is 20.8. The van der Waals surface area contributed by atoms with Crippen molar-refractivity contribution in [1.29, 1.82) is 0 Å². The second-order valence-electron chi connectivity index (χ2n) is 8.47. The summed E-state index contributed by atoms with van der Waals surface area (Å²) in [7, 11) is 3.93. The number of aliphatic hydroxyl groups is 1. The third-order valence-electron chi connectivity index (χ3n) is 6.03. The number of anilines is 1. The molecule has 1 N–H and O–H groups in total. The molecule has 0 radical (unpaired) electrons. The SMILES string of the molecule is CN(C)c1nc2ccc(-c3ccnc(-c4ccc(Cl)cc4)c3CO)cc2c(Cl)c1-c1ccccc1. The van der Waals surface area contributed by atoms with Gasteiger partial charge in [-0.25, -0.2) is 4.98 Å². The molecule has 0 bridgehead atoms. The van der Waals surface area contributed by atoms with Crippen molar-refractivity contribution in [3.8, 4) is 33.5 Å². The maximum Gasteiger partial charge on any atom is 0.138 e. The average Bonchev–Trinajstić information content (AvgIpc) is 2.89. The van der Waals surface area contributed by atoms with Crippen LogP contribution in [0.15, 0.2) is 85.1 Å². The number of fused-ring (bicyclic) bond motifs is 1. The molecule has 5 aromatic rings. The minimum atomic E-state index is -0.153. The summed E-state index contributed by atoms with van der Waals surface area (Å²) in [4.78, 5) is 11.5. The van der Waals surface area contributed by atoms with Crippen LogP contribution in [0.3, 0.4) is 0 Å². The Labute approximate surface area is 214 Å². The Kier molecular flexibility index (Phi) is 6.44. The van der Waals surface area contributed by atoms with Crippen LogP contribution in [0, 0.1) is 0 Å². The number of hydrogen-bond donors (Lipinski definition) is 1. The minimum Gasteiger partial charge on any atom is -0.392 e. The maximum atomic E-state index is 10.3. The Bertz CT molecular complexity index is 1520. The Morgan fingerprint density at radius 2 is 1.54 bits per heavy atom. The van der Waals surface area contributed by atoms with E-state index >= 15 is 0 Å². The highest BCUT2D eigenvalue weighted by Crippen LogP contribution is 2.41. The molecule has 0 fully saturated rings. The molecule has 3 aromatic carbocycles. The summed E-state index contributed by atoms with van der Waals surface area (Å²) in [6, 6.07) is 25.4. The van der Waals surface area contributed by atoms with Gasteiger partial charge in [0, 0.05) is 47.4 Å². The van der Waals surface area contributed by atoms with Crippen LogP contribution in [0.5, 0.6) is 0 Å². The number of nitrogens with zero attached hydrogens (tertiary/aromatic N) is 3. The Morgan fingerprint density at radius 3 is 2.23 bits per heavy atom. The van der Waals surface area contributed by atoms with E-state index in [1.54, 1.807) is 6.20 Å². The average molecular weight is 500 g/mol. The van der Waals surface area contributed by atoms with Gasteiger partial charge in [0.15, 0.2) is 0 Å². The van der Waals surface area contributed by atoms with E-state index < -0.39 is 0 Å². The molecule has 2 aromatic heterocycles. The Morgan fingerprint density at radius 1 is 0.829 bits per heavy atom. The summed E-state index contributed by atoms with van der Waals surface area (Å²) in [5, 5.41) is 12.5. The summed E-state index contributed by atoms with van der Waals surface area (Å²) in [6.07, 6.45) is 1.76. The maximum absolute atomic E-state index is 10.3. The second-order valence-corrected chi connectivity index (χ2v) is 9.28. The van der Waals surface area contributed by atoms with E-state index in [9.17, 15) is 5.11 Å². The molecule has 35 heavy (non-hydrogen) atoms. The van der Waals surface area contributed by atoms with Gasteiger partial charge in [-0.2, -0.15) is 0 Å². The minimum absolute atomic E-state index is 0.153. The van der Waals surface area contributed by atoms with Gasteiger partial charge in [-0.05, 0) is 47.0 Å². The molecule has 2 heterocycles. The third-order valence-corrected chi connectivity index (χ3v) is 6.68. The highest BCUT2D eigenvalue weighted by Gasteiger charge is 2.19. The van der Waals surface area contributed by atoms with Crippen LogP contribution < -0.4 is 4.90 Å². The van der Waals surface area contributed by atoms with Crippen molar-refractivity contribution in [3.05, 3.63) is 101 Å². The smallest absolute Gasteiger partial charge is 0.138 e. The van der Waals surface area contributed by atoms with Gasteiger partial charge in [-0.3, -0.25) is 4.98 Å². The van der Waals surface area contributed by atoms with E-state index in [0.717, 1.165) is 55.8 Å². The first-order valence-corrected chi connectivity index (χ1v) is 11.9. The predicted molar refractivity (Wildman–Crippen MR) is 146 cm³/mol. The number of pyridine rings is 2. The van der Waals surface area contributed by atoms with E-state index in [4.69, 9.17) is 28.2 Å². The molecule has 6 heteroatoms. The first-order chi connectivity index (χ1) is 17.0. The van der Waals surface area contributed by atoms with Gasteiger partial charge in [-0.1, -0.05) is 71.7 Å². The second kappa shape index (κ2) is 9.67. The van der Waals surface area contributed by atoms with E-state index in [1.165, 1.54) is 0 Å². The van der Waals surface area contributed by atoms with E-state index in [0.29, 0.717) is 10.0 Å². The lowest BCUT2D eigenvalue weighted by Crippen LogP contribution is -2.12. The van der Waals surface area contributed by atoms with Crippen LogP contribution >= 0.6 is 23.2 Å². The molecular formula is C29H23Cl2N3O. The molecule has 5 rings (SSSR count). The van der Waals surface area contributed by atoms with Gasteiger partial charge < -0.3 is 10.0 Å². The monoisotopic (exact) mass is 499 g/mol. The van der Waals surface area contributed by atoms with Crippen molar-refractivity contribution in [3.63, 3.8) is 0 Å². The fourth-order valence-electron chi connectivity index (χ4n) is 4.34. The molecule has 0 unspecified atom stereocenters. The quantitative estimate of drug-likeness (QED) is 0.272. The Hall–Kier alpha value is -3.44. The predicted octanol–water partition coefficient (Wildman–Crippen LogP) is 7.50. The number of aliphatic hydroxyl groups excluding tert-OH is 1. The number of benzene rings is 3. The third kappa shape index (κ3) is 4.37. The summed E-state index contributed by atoms with van der Waals surface area (Å²) in [5.41, 5.74) is 6.88. The van der Waals surface area contributed by atoms with E-state index in [-0.39, 0.29) is 6.61 Å². The standard InChI is InChI=1S/C29H23Cl2N3O/c1-34(2)29-26(18-6-4-3-5-7-18)27(31)23-16-20(10-13-25(23)33-29)22-14-15-32-28(24(22)17-35)19-8-11-21(30)12-9-19/h3-16,35H,17H2,1-2H3. The number of halogens is 2. The first-order valence-electron chi connectivity index (χ1n) is 11.2. The van der Waals surface area contributed by atoms with Crippen LogP contribution in [-0.2, 0) is 6.61 Å². The molecule has 0 aliphatic heterocycles. The summed E-state index contributed by atoms with van der Waals surface area (Å²) < 4.78 is 0. The number of rotatable bonds is 5. The lowest BCUT2D eigenvalue weighted by Gasteiger charge is -2.20. The molecule has 0 saturated carbocycles. The lowest BCUT2D eigenvalue weighted by molar-refractivity contribution is 0.282. The van der Waals surface area contributed by atoms with Crippen molar-refractivity contribution in [1.82, 2.24) is 9.97 Å². The molecule has 0 aliphatic carbocycles. The molecular weight excluding hydrogens is 477 g/mol. The first kappa shape index (κ1) is 23.3. The van der Waals surface area contributed by atoms with Crippen LogP contribution in [0.1, 0.15) is 5.56 Å². The topological polar surface area (TPSA) is 49.2 Å². The van der Waals surface area contributed by atoms with Crippen molar-refractivity contribution >= 4 is 39.9 Å². The van der Waals surface area contributed by atoms with Crippen LogP contribution in [-0.4, -0.2) is 29.2 Å². The molecule has 0 amide bonds. The van der Waals surface area contributed by atoms with Gasteiger partial charge in [0.25, 0.3) is 0 Å². The van der Waals surface area contributed by atoms with Gasteiger partial charge in [0.05, 0.1) is 22.8 Å². The fourth-order valence-corrected chi connectivity index (χ4v) is 4.81. The molecule has 4 nitrogen and oxygen atoms in total. The zero-order chi connectivity index (χ0) is 24.5.